The van der Waals surface area contributed by atoms with E-state index >= 15 is 0 Å². The quantitative estimate of drug-likeness (QED) is 0.664. The Morgan fingerprint density at radius 2 is 1.96 bits per heavy atom. The van der Waals surface area contributed by atoms with Gasteiger partial charge in [-0.05, 0) is 30.7 Å². The van der Waals surface area contributed by atoms with Crippen LogP contribution >= 0.6 is 0 Å². The second-order valence-electron chi connectivity index (χ2n) is 7.59. The smallest absolute Gasteiger partial charge is 0.416 e. The molecule has 4 heteroatoms. The molecule has 0 aromatic heterocycles. The van der Waals surface area contributed by atoms with Crippen molar-refractivity contribution in [3.63, 3.8) is 0 Å². The number of nitrogens with zero attached hydrogens (tertiary/aromatic N) is 1. The summed E-state index contributed by atoms with van der Waals surface area (Å²) in [4.78, 5) is 26.9. The van der Waals surface area contributed by atoms with E-state index in [1.807, 2.05) is 30.3 Å². The molecule has 2 amide bonds. The second kappa shape index (κ2) is 9.02. The Hall–Kier alpha value is -2.10. The van der Waals surface area contributed by atoms with Gasteiger partial charge in [-0.25, -0.2) is 9.69 Å². The zero-order chi connectivity index (χ0) is 18.4. The van der Waals surface area contributed by atoms with Crippen LogP contribution in [0.15, 0.2) is 43.0 Å². The number of benzene rings is 1. The van der Waals surface area contributed by atoms with Crippen LogP contribution in [0.1, 0.15) is 50.5 Å². The van der Waals surface area contributed by atoms with Gasteiger partial charge in [-0.15, -0.1) is 6.58 Å². The zero-order valence-electron chi connectivity index (χ0n) is 15.4. The van der Waals surface area contributed by atoms with E-state index in [4.69, 9.17) is 4.74 Å². The Morgan fingerprint density at radius 1 is 1.23 bits per heavy atom. The molecule has 1 aliphatic carbocycles. The highest BCUT2D eigenvalue weighted by molar-refractivity contribution is 5.94. The lowest BCUT2D eigenvalue weighted by atomic mass is 9.81. The number of rotatable bonds is 7. The first-order valence-corrected chi connectivity index (χ1v) is 9.83. The van der Waals surface area contributed by atoms with Crippen LogP contribution in [-0.2, 0) is 16.0 Å². The average Bonchev–Trinajstić information content (AvgIpc) is 3.02. The lowest BCUT2D eigenvalue weighted by molar-refractivity contribution is -0.134. The molecule has 1 saturated heterocycles. The summed E-state index contributed by atoms with van der Waals surface area (Å²) in [5.41, 5.74) is 1.11. The molecule has 3 rings (SSSR count). The van der Waals surface area contributed by atoms with Crippen LogP contribution in [0.3, 0.4) is 0 Å². The predicted octanol–water partition coefficient (Wildman–Crippen LogP) is 4.74. The number of hydrogen-bond acceptors (Lipinski definition) is 3. The molecule has 2 atom stereocenters. The van der Waals surface area contributed by atoms with Crippen molar-refractivity contribution >= 4 is 12.0 Å². The number of carbonyl (C=O) groups excluding carboxylic acids is 2. The first kappa shape index (κ1) is 18.7. The van der Waals surface area contributed by atoms with Crippen molar-refractivity contribution < 1.29 is 14.3 Å². The molecule has 2 aliphatic rings. The summed E-state index contributed by atoms with van der Waals surface area (Å²) in [7, 11) is 0. The second-order valence-corrected chi connectivity index (χ2v) is 7.59. The fourth-order valence-electron chi connectivity index (χ4n) is 4.29. The Balaban J connectivity index is 1.70. The van der Waals surface area contributed by atoms with E-state index in [0.717, 1.165) is 12.0 Å². The van der Waals surface area contributed by atoms with Gasteiger partial charge in [0.15, 0.2) is 0 Å². The standard InChI is InChI=1S/C22H29NO3/c1-2-9-19(14-17-10-5-3-6-11-17)21(24)23-20(16-26-22(23)25)15-18-12-7-4-8-13-18/h2,4,7-8,12-13,17,19-20H,1,3,5-6,9-11,14-16H2/t19?,20-/m1/s1. The van der Waals surface area contributed by atoms with E-state index in [2.05, 4.69) is 6.58 Å². The molecule has 1 aromatic rings. The minimum atomic E-state index is -0.492. The third kappa shape index (κ3) is 4.54. The van der Waals surface area contributed by atoms with Gasteiger partial charge in [-0.2, -0.15) is 0 Å². The predicted molar refractivity (Wildman–Crippen MR) is 102 cm³/mol. The molecule has 0 spiro atoms. The van der Waals surface area contributed by atoms with Crippen molar-refractivity contribution in [1.29, 1.82) is 0 Å². The van der Waals surface area contributed by atoms with Gasteiger partial charge >= 0.3 is 6.09 Å². The third-order valence-electron chi connectivity index (χ3n) is 5.66. The van der Waals surface area contributed by atoms with Crippen LogP contribution in [0.25, 0.3) is 0 Å². The van der Waals surface area contributed by atoms with Crippen LogP contribution in [0.5, 0.6) is 0 Å². The lowest BCUT2D eigenvalue weighted by Crippen LogP contribution is -2.44. The molecule has 0 radical (unpaired) electrons. The summed E-state index contributed by atoms with van der Waals surface area (Å²) in [6.07, 6.45) is 9.62. The molecule has 0 N–H and O–H groups in total. The van der Waals surface area contributed by atoms with Crippen molar-refractivity contribution in [3.8, 4) is 0 Å². The van der Waals surface area contributed by atoms with Crippen molar-refractivity contribution in [1.82, 2.24) is 4.90 Å². The molecule has 1 aromatic carbocycles. The average molecular weight is 355 g/mol. The number of carbonyl (C=O) groups is 2. The largest absolute Gasteiger partial charge is 0.447 e. The number of cyclic esters (lactones) is 1. The molecule has 4 nitrogen and oxygen atoms in total. The molecule has 1 unspecified atom stereocenters. The van der Waals surface area contributed by atoms with E-state index in [1.165, 1.54) is 37.0 Å². The van der Waals surface area contributed by atoms with E-state index in [-0.39, 0.29) is 24.5 Å². The number of imide groups is 1. The highest BCUT2D eigenvalue weighted by Crippen LogP contribution is 2.32. The number of ether oxygens (including phenoxy) is 1. The Kier molecular flexibility index (Phi) is 6.48. The fraction of sp³-hybridized carbons (Fsp3) is 0.545. The maximum atomic E-state index is 13.2. The van der Waals surface area contributed by atoms with Crippen LogP contribution in [0.2, 0.25) is 0 Å². The maximum Gasteiger partial charge on any atom is 0.416 e. The first-order valence-electron chi connectivity index (χ1n) is 9.83. The molecule has 26 heavy (non-hydrogen) atoms. The summed E-state index contributed by atoms with van der Waals surface area (Å²) >= 11 is 0. The molecule has 1 saturated carbocycles. The fourth-order valence-corrected chi connectivity index (χ4v) is 4.29. The number of hydrogen-bond donors (Lipinski definition) is 0. The summed E-state index contributed by atoms with van der Waals surface area (Å²) in [6.45, 7) is 4.10. The van der Waals surface area contributed by atoms with Crippen LogP contribution < -0.4 is 0 Å². The molecule has 1 aliphatic heterocycles. The van der Waals surface area contributed by atoms with Crippen molar-refractivity contribution in [2.45, 2.75) is 57.4 Å². The van der Waals surface area contributed by atoms with Gasteiger partial charge in [0.05, 0.1) is 6.04 Å². The topological polar surface area (TPSA) is 46.6 Å². The molecular weight excluding hydrogens is 326 g/mol. The van der Waals surface area contributed by atoms with Crippen LogP contribution in [-0.4, -0.2) is 29.5 Å². The highest BCUT2D eigenvalue weighted by atomic mass is 16.6. The summed E-state index contributed by atoms with van der Waals surface area (Å²) in [5.74, 6) is 0.335. The summed E-state index contributed by atoms with van der Waals surface area (Å²) < 4.78 is 5.23. The van der Waals surface area contributed by atoms with Gasteiger partial charge < -0.3 is 4.74 Å². The van der Waals surface area contributed by atoms with Gasteiger partial charge in [0.25, 0.3) is 0 Å². The van der Waals surface area contributed by atoms with Crippen molar-refractivity contribution in [2.75, 3.05) is 6.61 Å². The van der Waals surface area contributed by atoms with E-state index in [9.17, 15) is 9.59 Å². The number of amides is 2. The van der Waals surface area contributed by atoms with Gasteiger partial charge in [0.1, 0.15) is 6.61 Å². The van der Waals surface area contributed by atoms with E-state index in [1.54, 1.807) is 6.08 Å². The Morgan fingerprint density at radius 3 is 2.65 bits per heavy atom. The van der Waals surface area contributed by atoms with Gasteiger partial charge in [-0.3, -0.25) is 4.79 Å². The van der Waals surface area contributed by atoms with Gasteiger partial charge in [-0.1, -0.05) is 68.5 Å². The monoisotopic (exact) mass is 355 g/mol. The van der Waals surface area contributed by atoms with Crippen molar-refractivity contribution in [2.24, 2.45) is 11.8 Å². The lowest BCUT2D eigenvalue weighted by Gasteiger charge is -2.28. The molecular formula is C22H29NO3. The molecule has 1 heterocycles. The number of allylic oxidation sites excluding steroid dienone is 1. The van der Waals surface area contributed by atoms with Crippen molar-refractivity contribution in [3.05, 3.63) is 48.6 Å². The molecule has 140 valence electrons. The first-order chi connectivity index (χ1) is 12.7. The molecule has 2 fully saturated rings. The minimum Gasteiger partial charge on any atom is -0.447 e. The van der Waals surface area contributed by atoms with Crippen LogP contribution in [0.4, 0.5) is 4.79 Å². The van der Waals surface area contributed by atoms with E-state index < -0.39 is 6.09 Å². The Labute approximate surface area is 156 Å². The van der Waals surface area contributed by atoms with Crippen LogP contribution in [0, 0.1) is 11.8 Å². The Bertz CT molecular complexity index is 622. The summed E-state index contributed by atoms with van der Waals surface area (Å²) in [6, 6.07) is 9.75. The highest BCUT2D eigenvalue weighted by Gasteiger charge is 2.40. The SMILES string of the molecule is C=CCC(CC1CCCCC1)C(=O)N1C(=O)OC[C@H]1Cc1ccccc1. The minimum absolute atomic E-state index is 0.0843. The van der Waals surface area contributed by atoms with Gasteiger partial charge in [0.2, 0.25) is 5.91 Å². The summed E-state index contributed by atoms with van der Waals surface area (Å²) in [5, 5.41) is 0. The maximum absolute atomic E-state index is 13.2. The van der Waals surface area contributed by atoms with E-state index in [0.29, 0.717) is 18.8 Å². The third-order valence-corrected chi connectivity index (χ3v) is 5.66. The molecule has 0 bridgehead atoms. The normalized spacial score (nSPS) is 22.1. The van der Waals surface area contributed by atoms with Gasteiger partial charge in [0, 0.05) is 5.92 Å². The zero-order valence-corrected chi connectivity index (χ0v) is 15.4.